The Morgan fingerprint density at radius 1 is 0.375 bits per heavy atom. The fraction of sp³-hybridized carbons (Fsp3) is 0. The molecular formula is C57H33BN6. The minimum absolute atomic E-state index is 0.0195. The van der Waals surface area contributed by atoms with Gasteiger partial charge < -0.3 is 14.4 Å². The summed E-state index contributed by atoms with van der Waals surface area (Å²) in [5.74, 6) is 0. The van der Waals surface area contributed by atoms with Crippen molar-refractivity contribution < 1.29 is 0 Å². The fourth-order valence-electron chi connectivity index (χ4n) is 10.1. The average Bonchev–Trinajstić information content (AvgIpc) is 3.69. The molecule has 3 heterocycles. The third-order valence-corrected chi connectivity index (χ3v) is 12.8. The van der Waals surface area contributed by atoms with Gasteiger partial charge >= 0.3 is 0 Å². The zero-order valence-corrected chi connectivity index (χ0v) is 34.3. The summed E-state index contributed by atoms with van der Waals surface area (Å²) in [6.45, 7) is 0.0195. The second kappa shape index (κ2) is 14.5. The Bertz CT molecular complexity index is 3570. The zero-order valence-electron chi connectivity index (χ0n) is 34.3. The molecule has 0 bridgehead atoms. The van der Waals surface area contributed by atoms with Gasteiger partial charge in [0.1, 0.15) is 0 Å². The van der Waals surface area contributed by atoms with Gasteiger partial charge in [-0.2, -0.15) is 15.8 Å². The van der Waals surface area contributed by atoms with Gasteiger partial charge in [0.05, 0.1) is 51.6 Å². The van der Waals surface area contributed by atoms with Crippen LogP contribution in [0.2, 0.25) is 0 Å². The Hall–Kier alpha value is -9.09. The number of benzene rings is 9. The number of nitrogens with zero attached hydrogens (tertiary/aromatic N) is 6. The van der Waals surface area contributed by atoms with Gasteiger partial charge in [-0.3, -0.25) is 0 Å². The highest BCUT2D eigenvalue weighted by Crippen LogP contribution is 2.47. The number of para-hydroxylation sites is 5. The van der Waals surface area contributed by atoms with Crippen molar-refractivity contribution in [2.24, 2.45) is 0 Å². The second-order valence-corrected chi connectivity index (χ2v) is 16.2. The Kier molecular flexibility index (Phi) is 8.34. The van der Waals surface area contributed by atoms with E-state index in [2.05, 4.69) is 190 Å². The molecule has 6 nitrogen and oxygen atoms in total. The SMILES string of the molecule is N#Cc1ccc(-c2cc(C#N)ccc2-n2c3ccccc3c3cc(-c4cc5c6c(c4)N(c4ccccc4)c4ccccc4B6c4ccccc4N5c4ccccc4)ccc32)c(C#N)c1. The molecule has 0 amide bonds. The topological polar surface area (TPSA) is 82.8 Å². The van der Waals surface area contributed by atoms with E-state index in [4.69, 9.17) is 0 Å². The van der Waals surface area contributed by atoms with Crippen molar-refractivity contribution in [1.29, 1.82) is 15.8 Å². The van der Waals surface area contributed by atoms with Crippen LogP contribution in [0.4, 0.5) is 34.1 Å². The van der Waals surface area contributed by atoms with Crippen LogP contribution in [0.5, 0.6) is 0 Å². The van der Waals surface area contributed by atoms with Crippen LogP contribution < -0.4 is 26.2 Å². The van der Waals surface area contributed by atoms with Crippen molar-refractivity contribution in [2.45, 2.75) is 0 Å². The Morgan fingerprint density at radius 2 is 0.938 bits per heavy atom. The average molecular weight is 813 g/mol. The largest absolute Gasteiger partial charge is 0.311 e. The molecule has 1 aromatic heterocycles. The third kappa shape index (κ3) is 5.51. The monoisotopic (exact) mass is 812 g/mol. The van der Waals surface area contributed by atoms with Crippen LogP contribution in [0.3, 0.4) is 0 Å². The second-order valence-electron chi connectivity index (χ2n) is 16.2. The maximum atomic E-state index is 10.3. The molecule has 7 heteroatoms. The van der Waals surface area contributed by atoms with E-state index in [1.165, 1.54) is 16.4 Å². The lowest BCUT2D eigenvalue weighted by molar-refractivity contribution is 1.18. The summed E-state index contributed by atoms with van der Waals surface area (Å²) >= 11 is 0. The van der Waals surface area contributed by atoms with Crippen molar-refractivity contribution in [1.82, 2.24) is 4.57 Å². The van der Waals surface area contributed by atoms with Crippen LogP contribution in [-0.2, 0) is 0 Å². The number of aromatic nitrogens is 1. The summed E-state index contributed by atoms with van der Waals surface area (Å²) in [6.07, 6.45) is 0. The fourth-order valence-corrected chi connectivity index (χ4v) is 10.1. The number of nitriles is 3. The van der Waals surface area contributed by atoms with Crippen molar-refractivity contribution >= 4 is 79.0 Å². The highest BCUT2D eigenvalue weighted by Gasteiger charge is 2.43. The molecule has 0 fully saturated rings. The van der Waals surface area contributed by atoms with Crippen LogP contribution in [0.25, 0.3) is 49.7 Å². The first kappa shape index (κ1) is 36.7. The molecule has 64 heavy (non-hydrogen) atoms. The van der Waals surface area contributed by atoms with Gasteiger partial charge in [-0.05, 0) is 125 Å². The van der Waals surface area contributed by atoms with Crippen molar-refractivity contribution in [3.8, 4) is 46.1 Å². The van der Waals surface area contributed by atoms with Gasteiger partial charge in [0.15, 0.2) is 0 Å². The molecule has 9 aromatic carbocycles. The van der Waals surface area contributed by atoms with E-state index in [1.54, 1.807) is 12.1 Å². The van der Waals surface area contributed by atoms with Crippen molar-refractivity contribution in [3.05, 3.63) is 217 Å². The molecule has 0 saturated carbocycles. The molecule has 0 spiro atoms. The van der Waals surface area contributed by atoms with E-state index in [-0.39, 0.29) is 6.71 Å². The summed E-state index contributed by atoms with van der Waals surface area (Å²) in [5.41, 5.74) is 18.2. The minimum Gasteiger partial charge on any atom is -0.311 e. The summed E-state index contributed by atoms with van der Waals surface area (Å²) in [7, 11) is 0. The number of hydrogen-bond donors (Lipinski definition) is 0. The Labute approximate surface area is 370 Å². The number of anilines is 6. The van der Waals surface area contributed by atoms with Crippen LogP contribution >= 0.6 is 0 Å². The number of rotatable bonds is 5. The van der Waals surface area contributed by atoms with Gasteiger partial charge in [-0.15, -0.1) is 0 Å². The molecule has 2 aliphatic rings. The molecule has 0 radical (unpaired) electrons. The maximum Gasteiger partial charge on any atom is 0.252 e. The molecular weight excluding hydrogens is 779 g/mol. The molecule has 0 atom stereocenters. The van der Waals surface area contributed by atoms with Crippen molar-refractivity contribution in [2.75, 3.05) is 9.80 Å². The predicted octanol–water partition coefficient (Wildman–Crippen LogP) is 11.8. The van der Waals surface area contributed by atoms with Crippen LogP contribution in [0, 0.1) is 34.0 Å². The lowest BCUT2D eigenvalue weighted by Gasteiger charge is -2.44. The third-order valence-electron chi connectivity index (χ3n) is 12.8. The van der Waals surface area contributed by atoms with Gasteiger partial charge in [0.25, 0.3) is 6.71 Å². The van der Waals surface area contributed by atoms with Gasteiger partial charge in [0.2, 0.25) is 0 Å². The standard InChI is InChI=1S/C57H33BN6/c59-34-37-23-26-44(41(29-37)36-61)46-30-38(35-60)24-27-51(46)64-50-20-10-7-17-45(50)47-31-39(25-28-52(47)64)40-32-55-57-56(33-40)63(43-15-5-2-6-16-43)54-22-12-9-19-49(54)58(57)48-18-8-11-21-53(48)62(55)42-13-3-1-4-14-42/h1-33H. The quantitative estimate of drug-likeness (QED) is 0.162. The first-order chi connectivity index (χ1) is 31.6. The smallest absolute Gasteiger partial charge is 0.252 e. The van der Waals surface area contributed by atoms with Gasteiger partial charge in [-0.1, -0.05) is 103 Å². The van der Waals surface area contributed by atoms with E-state index in [9.17, 15) is 15.8 Å². The predicted molar refractivity (Wildman–Crippen MR) is 260 cm³/mol. The van der Waals surface area contributed by atoms with E-state index in [1.807, 2.05) is 30.3 Å². The molecule has 0 saturated heterocycles. The van der Waals surface area contributed by atoms with E-state index >= 15 is 0 Å². The molecule has 0 unspecified atom stereocenters. The molecule has 294 valence electrons. The molecule has 0 aliphatic carbocycles. The molecule has 12 rings (SSSR count). The summed E-state index contributed by atoms with van der Waals surface area (Å²) in [5, 5.41) is 32.1. The zero-order chi connectivity index (χ0) is 42.9. The molecule has 2 aliphatic heterocycles. The molecule has 0 N–H and O–H groups in total. The van der Waals surface area contributed by atoms with Gasteiger partial charge in [0, 0.05) is 56.0 Å². The summed E-state index contributed by atoms with van der Waals surface area (Å²) in [6, 6.07) is 76.4. The maximum absolute atomic E-state index is 10.3. The van der Waals surface area contributed by atoms with E-state index < -0.39 is 0 Å². The van der Waals surface area contributed by atoms with Crippen molar-refractivity contribution in [3.63, 3.8) is 0 Å². The van der Waals surface area contributed by atoms with Crippen LogP contribution in [-0.4, -0.2) is 11.3 Å². The number of fused-ring (bicyclic) bond motifs is 7. The molecule has 10 aromatic rings. The first-order valence-electron chi connectivity index (χ1n) is 21.2. The minimum atomic E-state index is 0.0195. The Balaban J connectivity index is 1.12. The van der Waals surface area contributed by atoms with E-state index in [0.717, 1.165) is 78.3 Å². The lowest BCUT2D eigenvalue weighted by atomic mass is 9.33. The normalized spacial score (nSPS) is 12.2. The van der Waals surface area contributed by atoms with Gasteiger partial charge in [-0.25, -0.2) is 0 Å². The number of hydrogen-bond acceptors (Lipinski definition) is 5. The highest BCUT2D eigenvalue weighted by molar-refractivity contribution is 7.00. The first-order valence-corrected chi connectivity index (χ1v) is 21.2. The van der Waals surface area contributed by atoms with E-state index in [0.29, 0.717) is 22.3 Å². The summed E-state index contributed by atoms with van der Waals surface area (Å²) in [4.78, 5) is 4.86. The lowest BCUT2D eigenvalue weighted by Crippen LogP contribution is -2.61. The van der Waals surface area contributed by atoms with Crippen LogP contribution in [0.1, 0.15) is 16.7 Å². The highest BCUT2D eigenvalue weighted by atomic mass is 15.2. The summed E-state index contributed by atoms with van der Waals surface area (Å²) < 4.78 is 2.23. The Morgan fingerprint density at radius 3 is 1.58 bits per heavy atom. The van der Waals surface area contributed by atoms with Crippen LogP contribution in [0.15, 0.2) is 200 Å².